The molecule has 0 bridgehead atoms. The van der Waals surface area contributed by atoms with E-state index in [1.165, 1.54) is 36.3 Å². The van der Waals surface area contributed by atoms with Crippen molar-refractivity contribution in [2.45, 2.75) is 44.4 Å². The zero-order valence-electron chi connectivity index (χ0n) is 10.9. The van der Waals surface area contributed by atoms with Crippen LogP contribution in [0.15, 0.2) is 6.33 Å². The molecular formula is C14H20ClN3. The minimum absolute atomic E-state index is 0.295. The maximum Gasteiger partial charge on any atom is 0.135 e. The second-order valence-electron chi connectivity index (χ2n) is 5.48. The summed E-state index contributed by atoms with van der Waals surface area (Å²) in [4.78, 5) is 11.4. The Labute approximate surface area is 114 Å². The first-order valence-electron chi connectivity index (χ1n) is 6.97. The number of hydrogen-bond acceptors (Lipinski definition) is 3. The van der Waals surface area contributed by atoms with Gasteiger partial charge in [0.15, 0.2) is 0 Å². The molecular weight excluding hydrogens is 246 g/mol. The fraction of sp³-hybridized carbons (Fsp3) is 0.714. The van der Waals surface area contributed by atoms with Crippen molar-refractivity contribution in [3.63, 3.8) is 0 Å². The van der Waals surface area contributed by atoms with Gasteiger partial charge in [-0.3, -0.25) is 0 Å². The molecule has 2 heterocycles. The predicted molar refractivity (Wildman–Crippen MR) is 74.3 cm³/mol. The minimum Gasteiger partial charge on any atom is -0.356 e. The number of fused-ring (bicyclic) bond motifs is 1. The van der Waals surface area contributed by atoms with Crippen LogP contribution >= 0.6 is 11.6 Å². The minimum atomic E-state index is 0.295. The van der Waals surface area contributed by atoms with E-state index in [9.17, 15) is 0 Å². The number of aromatic nitrogens is 2. The van der Waals surface area contributed by atoms with Gasteiger partial charge in [0.2, 0.25) is 0 Å². The van der Waals surface area contributed by atoms with E-state index in [0.717, 1.165) is 25.9 Å². The van der Waals surface area contributed by atoms with E-state index in [2.05, 4.69) is 21.8 Å². The SMILES string of the molecule is CC(Cl)C1CCN(c2ncnc3c2CCC3)CC1. The molecule has 1 saturated heterocycles. The molecule has 0 spiro atoms. The lowest BCUT2D eigenvalue weighted by atomic mass is 9.94. The number of hydrogen-bond donors (Lipinski definition) is 0. The van der Waals surface area contributed by atoms with Crippen molar-refractivity contribution >= 4 is 17.4 Å². The molecule has 1 aromatic heterocycles. The summed E-state index contributed by atoms with van der Waals surface area (Å²) >= 11 is 6.20. The van der Waals surface area contributed by atoms with Crippen LogP contribution in [0.5, 0.6) is 0 Å². The van der Waals surface area contributed by atoms with E-state index in [-0.39, 0.29) is 0 Å². The predicted octanol–water partition coefficient (Wildman–Crippen LogP) is 2.81. The molecule has 1 unspecified atom stereocenters. The summed E-state index contributed by atoms with van der Waals surface area (Å²) in [5.74, 6) is 1.86. The Morgan fingerprint density at radius 2 is 2.06 bits per heavy atom. The van der Waals surface area contributed by atoms with E-state index in [1.807, 2.05) is 0 Å². The quantitative estimate of drug-likeness (QED) is 0.770. The van der Waals surface area contributed by atoms with Gasteiger partial charge in [-0.05, 0) is 44.9 Å². The van der Waals surface area contributed by atoms with Gasteiger partial charge < -0.3 is 4.90 Å². The van der Waals surface area contributed by atoms with Gasteiger partial charge >= 0.3 is 0 Å². The van der Waals surface area contributed by atoms with Gasteiger partial charge in [-0.1, -0.05) is 0 Å². The molecule has 98 valence electrons. The van der Waals surface area contributed by atoms with Crippen molar-refractivity contribution in [1.82, 2.24) is 9.97 Å². The van der Waals surface area contributed by atoms with Crippen LogP contribution in [-0.4, -0.2) is 28.4 Å². The highest BCUT2D eigenvalue weighted by atomic mass is 35.5. The molecule has 1 atom stereocenters. The van der Waals surface area contributed by atoms with E-state index in [0.29, 0.717) is 11.3 Å². The standard InChI is InChI=1S/C14H20ClN3/c1-10(15)11-5-7-18(8-6-11)14-12-3-2-4-13(12)16-9-17-14/h9-11H,2-8H2,1H3. The van der Waals surface area contributed by atoms with Gasteiger partial charge in [0, 0.05) is 29.7 Å². The van der Waals surface area contributed by atoms with Crippen LogP contribution < -0.4 is 4.90 Å². The summed E-state index contributed by atoms with van der Waals surface area (Å²) in [5, 5.41) is 0.295. The highest BCUT2D eigenvalue weighted by molar-refractivity contribution is 6.20. The van der Waals surface area contributed by atoms with Gasteiger partial charge in [0.25, 0.3) is 0 Å². The Bertz CT molecular complexity index is 425. The molecule has 1 aromatic rings. The lowest BCUT2D eigenvalue weighted by Gasteiger charge is -2.34. The molecule has 0 N–H and O–H groups in total. The van der Waals surface area contributed by atoms with E-state index < -0.39 is 0 Å². The number of halogens is 1. The third-order valence-electron chi connectivity index (χ3n) is 4.34. The molecule has 0 saturated carbocycles. The summed E-state index contributed by atoms with van der Waals surface area (Å²) in [6, 6.07) is 0. The Morgan fingerprint density at radius 3 is 2.78 bits per heavy atom. The van der Waals surface area contributed by atoms with Crippen molar-refractivity contribution in [1.29, 1.82) is 0 Å². The zero-order valence-corrected chi connectivity index (χ0v) is 11.7. The molecule has 3 nitrogen and oxygen atoms in total. The third-order valence-corrected chi connectivity index (χ3v) is 4.70. The summed E-state index contributed by atoms with van der Waals surface area (Å²) < 4.78 is 0. The molecule has 18 heavy (non-hydrogen) atoms. The highest BCUT2D eigenvalue weighted by Crippen LogP contribution is 2.31. The van der Waals surface area contributed by atoms with Crippen LogP contribution in [-0.2, 0) is 12.8 Å². The molecule has 1 fully saturated rings. The van der Waals surface area contributed by atoms with E-state index in [1.54, 1.807) is 6.33 Å². The molecule has 4 heteroatoms. The van der Waals surface area contributed by atoms with E-state index in [4.69, 9.17) is 11.6 Å². The lowest BCUT2D eigenvalue weighted by molar-refractivity contribution is 0.398. The Kier molecular flexibility index (Phi) is 3.42. The third kappa shape index (κ3) is 2.20. The first-order valence-corrected chi connectivity index (χ1v) is 7.41. The number of anilines is 1. The average molecular weight is 266 g/mol. The molecule has 0 amide bonds. The highest BCUT2D eigenvalue weighted by Gasteiger charge is 2.26. The summed E-state index contributed by atoms with van der Waals surface area (Å²) in [6.45, 7) is 4.29. The topological polar surface area (TPSA) is 29.0 Å². The first-order chi connectivity index (χ1) is 8.75. The van der Waals surface area contributed by atoms with Gasteiger partial charge in [0.1, 0.15) is 12.1 Å². The van der Waals surface area contributed by atoms with Crippen LogP contribution in [0, 0.1) is 5.92 Å². The molecule has 1 aliphatic heterocycles. The van der Waals surface area contributed by atoms with Crippen molar-refractivity contribution < 1.29 is 0 Å². The molecule has 1 aliphatic carbocycles. The van der Waals surface area contributed by atoms with Crippen LogP contribution in [0.3, 0.4) is 0 Å². The van der Waals surface area contributed by atoms with Crippen molar-refractivity contribution in [2.24, 2.45) is 5.92 Å². The Hall–Kier alpha value is -0.830. The van der Waals surface area contributed by atoms with Crippen molar-refractivity contribution in [3.05, 3.63) is 17.6 Å². The van der Waals surface area contributed by atoms with Gasteiger partial charge in [-0.25, -0.2) is 9.97 Å². The number of piperidine rings is 1. The average Bonchev–Trinajstić information content (AvgIpc) is 2.87. The molecule has 3 rings (SSSR count). The second kappa shape index (κ2) is 5.04. The van der Waals surface area contributed by atoms with Gasteiger partial charge in [-0.2, -0.15) is 0 Å². The zero-order chi connectivity index (χ0) is 12.5. The fourth-order valence-corrected chi connectivity index (χ4v) is 3.44. The lowest BCUT2D eigenvalue weighted by Crippen LogP contribution is -2.37. The van der Waals surface area contributed by atoms with Crippen molar-refractivity contribution in [3.8, 4) is 0 Å². The Balaban J connectivity index is 1.75. The molecule has 0 aromatic carbocycles. The smallest absolute Gasteiger partial charge is 0.135 e. The van der Waals surface area contributed by atoms with E-state index >= 15 is 0 Å². The molecule has 2 aliphatic rings. The van der Waals surface area contributed by atoms with Crippen LogP contribution in [0.4, 0.5) is 5.82 Å². The number of nitrogens with zero attached hydrogens (tertiary/aromatic N) is 3. The maximum atomic E-state index is 6.20. The van der Waals surface area contributed by atoms with Gasteiger partial charge in [0.05, 0.1) is 0 Å². The number of rotatable bonds is 2. The Morgan fingerprint density at radius 1 is 1.28 bits per heavy atom. The van der Waals surface area contributed by atoms with Crippen LogP contribution in [0.25, 0.3) is 0 Å². The molecule has 0 radical (unpaired) electrons. The fourth-order valence-electron chi connectivity index (χ4n) is 3.19. The van der Waals surface area contributed by atoms with Crippen LogP contribution in [0.1, 0.15) is 37.4 Å². The largest absolute Gasteiger partial charge is 0.356 e. The maximum absolute atomic E-state index is 6.20. The van der Waals surface area contributed by atoms with Crippen molar-refractivity contribution in [2.75, 3.05) is 18.0 Å². The van der Waals surface area contributed by atoms with Gasteiger partial charge in [-0.15, -0.1) is 11.6 Å². The summed E-state index contributed by atoms with van der Waals surface area (Å²) in [6.07, 6.45) is 7.61. The normalized spacial score (nSPS) is 22.0. The summed E-state index contributed by atoms with van der Waals surface area (Å²) in [7, 11) is 0. The number of alkyl halides is 1. The second-order valence-corrected chi connectivity index (χ2v) is 6.17. The number of aryl methyl sites for hydroxylation is 1. The first kappa shape index (κ1) is 12.2. The summed E-state index contributed by atoms with van der Waals surface area (Å²) in [5.41, 5.74) is 2.67. The monoisotopic (exact) mass is 265 g/mol. The van der Waals surface area contributed by atoms with Crippen LogP contribution in [0.2, 0.25) is 0 Å².